The summed E-state index contributed by atoms with van der Waals surface area (Å²) in [7, 11) is 0. The van der Waals surface area contributed by atoms with Crippen LogP contribution in [0.3, 0.4) is 0 Å². The van der Waals surface area contributed by atoms with E-state index in [0.29, 0.717) is 41.3 Å². The third-order valence-corrected chi connectivity index (χ3v) is 8.97. The first-order chi connectivity index (χ1) is 29.1. The molecule has 0 fully saturated rings. The van der Waals surface area contributed by atoms with Crippen LogP contribution >= 0.6 is 11.3 Å². The monoisotopic (exact) mass is 835 g/mol. The summed E-state index contributed by atoms with van der Waals surface area (Å²) in [6.07, 6.45) is 4.08. The predicted molar refractivity (Wildman–Crippen MR) is 223 cm³/mol. The van der Waals surface area contributed by atoms with Crippen LogP contribution in [0.15, 0.2) is 134 Å². The van der Waals surface area contributed by atoms with Crippen LogP contribution in [0.25, 0.3) is 10.2 Å². The van der Waals surface area contributed by atoms with Gasteiger partial charge in [-0.3, -0.25) is 5.43 Å². The predicted octanol–water partition coefficient (Wildman–Crippen LogP) is 7.47. The van der Waals surface area contributed by atoms with Crippen molar-refractivity contribution in [1.29, 1.82) is 0 Å². The lowest BCUT2D eigenvalue weighted by Gasteiger charge is -2.18. The van der Waals surface area contributed by atoms with Crippen molar-refractivity contribution in [3.63, 3.8) is 0 Å². The van der Waals surface area contributed by atoms with Crippen molar-refractivity contribution in [2.24, 2.45) is 5.10 Å². The van der Waals surface area contributed by atoms with Crippen LogP contribution in [0.4, 0.5) is 5.13 Å². The maximum atomic E-state index is 13.4. The lowest BCUT2D eigenvalue weighted by atomic mass is 10.2. The molecule has 2 atom stereocenters. The Balaban J connectivity index is 1.22. The summed E-state index contributed by atoms with van der Waals surface area (Å²) in [5.74, 6) is -1.51. The van der Waals surface area contributed by atoms with Gasteiger partial charge in [0.2, 0.25) is 17.7 Å². The van der Waals surface area contributed by atoms with E-state index in [2.05, 4.69) is 35.2 Å². The summed E-state index contributed by atoms with van der Waals surface area (Å²) < 4.78 is 39.3. The summed E-state index contributed by atoms with van der Waals surface area (Å²) in [4.78, 5) is 52.4. The molecule has 0 aliphatic heterocycles. The van der Waals surface area contributed by atoms with Crippen molar-refractivity contribution in [1.82, 2.24) is 4.98 Å². The molecule has 0 saturated heterocycles. The second-order valence-corrected chi connectivity index (χ2v) is 13.4. The number of fused-ring (bicyclic) bond motifs is 1. The lowest BCUT2D eigenvalue weighted by molar-refractivity contribution is -0.179. The minimum Gasteiger partial charge on any atom is -0.487 e. The van der Waals surface area contributed by atoms with E-state index >= 15 is 0 Å². The number of anilines is 1. The van der Waals surface area contributed by atoms with E-state index in [1.165, 1.54) is 72.1 Å². The average Bonchev–Trinajstić information content (AvgIpc) is 3.69. The molecule has 5 rings (SSSR count). The second-order valence-electron chi connectivity index (χ2n) is 12.3. The average molecular weight is 836 g/mol. The van der Waals surface area contributed by atoms with E-state index < -0.39 is 36.5 Å². The largest absolute Gasteiger partial charge is 0.487 e. The van der Waals surface area contributed by atoms with Gasteiger partial charge in [0.15, 0.2) is 6.61 Å². The summed E-state index contributed by atoms with van der Waals surface area (Å²) >= 11 is 1.41. The van der Waals surface area contributed by atoms with Crippen molar-refractivity contribution in [2.75, 3.05) is 25.2 Å². The maximum Gasteiger partial charge on any atom is 0.343 e. The second kappa shape index (κ2) is 22.7. The molecule has 0 amide bonds. The molecule has 1 heterocycles. The molecule has 1 aromatic heterocycles. The highest BCUT2D eigenvalue weighted by molar-refractivity contribution is 7.22. The summed E-state index contributed by atoms with van der Waals surface area (Å²) in [6.45, 7) is 10.5. The van der Waals surface area contributed by atoms with Gasteiger partial charge in [-0.05, 0) is 98.1 Å². The van der Waals surface area contributed by atoms with Crippen LogP contribution in [0, 0.1) is 0 Å². The Hall–Kier alpha value is -7.14. The van der Waals surface area contributed by atoms with Gasteiger partial charge in [-0.25, -0.2) is 24.2 Å². The molecule has 60 heavy (non-hydrogen) atoms. The first kappa shape index (κ1) is 44.0. The van der Waals surface area contributed by atoms with Crippen LogP contribution in [0.1, 0.15) is 47.0 Å². The number of nitrogens with one attached hydrogen (secondary N) is 1. The molecule has 15 nitrogen and oxygen atoms in total. The number of aliphatic hydroxyl groups excluding tert-OH is 1. The topological polar surface area (TPSA) is 190 Å². The Morgan fingerprint density at radius 1 is 0.783 bits per heavy atom. The standard InChI is InChI=1S/C44H41N3O12S/c1-4-38(48)53-24-10-7-11-25-54-41(59-40(50)6-3)28-55-32-18-14-30(15-19-32)43(52)58-36-23-22-34(57-42(51)29-16-20-33(21-17-29)56-39(49)5-2)26-31(36)27-45-47-44-46-35-12-8-9-13-37(35)60-44/h4-6,8-9,12-23,26-27,41-42,51H,1-3,7,10-11,24-25,28H2,(H,46,47)/b45-27+. The number of nitrogens with zero attached hydrogens (tertiary/aromatic N) is 2. The highest BCUT2D eigenvalue weighted by Crippen LogP contribution is 2.29. The van der Waals surface area contributed by atoms with Crippen LogP contribution in [0.5, 0.6) is 23.0 Å². The molecule has 0 bridgehead atoms. The van der Waals surface area contributed by atoms with Crippen molar-refractivity contribution >= 4 is 56.8 Å². The summed E-state index contributed by atoms with van der Waals surface area (Å²) in [5, 5.41) is 15.7. The number of rotatable bonds is 23. The van der Waals surface area contributed by atoms with Gasteiger partial charge in [-0.15, -0.1) is 0 Å². The van der Waals surface area contributed by atoms with Gasteiger partial charge in [-0.1, -0.05) is 43.2 Å². The number of hydrogen-bond donors (Lipinski definition) is 2. The number of carbonyl (C=O) groups is 4. The number of thiazole rings is 1. The Kier molecular flexibility index (Phi) is 16.6. The number of hydrogen-bond acceptors (Lipinski definition) is 16. The molecule has 0 aliphatic rings. The van der Waals surface area contributed by atoms with Crippen LogP contribution in [-0.2, 0) is 28.6 Å². The van der Waals surface area contributed by atoms with E-state index in [1.54, 1.807) is 12.1 Å². The smallest absolute Gasteiger partial charge is 0.343 e. The molecule has 2 N–H and O–H groups in total. The maximum absolute atomic E-state index is 13.4. The Morgan fingerprint density at radius 2 is 1.48 bits per heavy atom. The fourth-order valence-electron chi connectivity index (χ4n) is 5.06. The van der Waals surface area contributed by atoms with Crippen molar-refractivity contribution < 1.29 is 57.4 Å². The van der Waals surface area contributed by atoms with Gasteiger partial charge in [0.05, 0.1) is 35.2 Å². The molecular weight excluding hydrogens is 795 g/mol. The quantitative estimate of drug-likeness (QED) is 0.0125. The minimum absolute atomic E-state index is 0.132. The molecule has 0 saturated carbocycles. The first-order valence-corrected chi connectivity index (χ1v) is 19.2. The molecule has 0 spiro atoms. The SMILES string of the molecule is C=CC(=O)OCCCCCOC(COc1ccc(C(=O)Oc2ccc(OC(O)c3ccc(OC(=O)C=C)cc3)cc2/C=N/Nc2nc3ccccc3s2)cc1)OC(=O)C=C. The van der Waals surface area contributed by atoms with E-state index in [4.69, 9.17) is 33.2 Å². The Morgan fingerprint density at radius 3 is 2.22 bits per heavy atom. The number of unbranched alkanes of at least 4 members (excludes halogenated alkanes) is 2. The molecule has 16 heteroatoms. The number of para-hydroxylation sites is 1. The molecule has 2 unspecified atom stereocenters. The van der Waals surface area contributed by atoms with Crippen LogP contribution in [-0.4, -0.2) is 66.3 Å². The summed E-state index contributed by atoms with van der Waals surface area (Å²) in [5.41, 5.74) is 4.60. The zero-order valence-corrected chi connectivity index (χ0v) is 33.0. The molecule has 5 aromatic rings. The molecule has 4 aromatic carbocycles. The number of benzene rings is 4. The van der Waals surface area contributed by atoms with E-state index in [-0.39, 0.29) is 42.6 Å². The fourth-order valence-corrected chi connectivity index (χ4v) is 5.87. The first-order valence-electron chi connectivity index (χ1n) is 18.4. The third-order valence-electron chi connectivity index (χ3n) is 8.03. The van der Waals surface area contributed by atoms with Gasteiger partial charge in [0, 0.05) is 29.4 Å². The Labute approximate surface area is 349 Å². The van der Waals surface area contributed by atoms with Gasteiger partial charge in [-0.2, -0.15) is 5.10 Å². The normalized spacial score (nSPS) is 11.8. The van der Waals surface area contributed by atoms with Crippen molar-refractivity contribution in [2.45, 2.75) is 31.8 Å². The highest BCUT2D eigenvalue weighted by Gasteiger charge is 2.18. The number of aliphatic hydroxyl groups is 1. The zero-order valence-electron chi connectivity index (χ0n) is 32.2. The third kappa shape index (κ3) is 13.8. The highest BCUT2D eigenvalue weighted by atomic mass is 32.1. The number of ether oxygens (including phenoxy) is 7. The number of esters is 4. The zero-order chi connectivity index (χ0) is 42.7. The number of hydrazone groups is 1. The Bertz CT molecular complexity index is 2270. The number of carbonyl (C=O) groups excluding carboxylic acids is 4. The fraction of sp³-hybridized carbons (Fsp3) is 0.182. The molecule has 0 radical (unpaired) electrons. The van der Waals surface area contributed by atoms with Crippen molar-refractivity contribution in [3.8, 4) is 23.0 Å². The van der Waals surface area contributed by atoms with Gasteiger partial charge in [0.25, 0.3) is 0 Å². The minimum atomic E-state index is -1.41. The van der Waals surface area contributed by atoms with E-state index in [0.717, 1.165) is 28.4 Å². The van der Waals surface area contributed by atoms with E-state index in [1.807, 2.05) is 24.3 Å². The molecule has 310 valence electrons. The van der Waals surface area contributed by atoms with Crippen LogP contribution < -0.4 is 24.4 Å². The van der Waals surface area contributed by atoms with E-state index in [9.17, 15) is 24.3 Å². The van der Waals surface area contributed by atoms with Gasteiger partial charge in [0.1, 0.15) is 23.0 Å². The lowest BCUT2D eigenvalue weighted by Crippen LogP contribution is -2.28. The number of aromatic nitrogens is 1. The van der Waals surface area contributed by atoms with Crippen molar-refractivity contribution in [3.05, 3.63) is 146 Å². The molecule has 0 aliphatic carbocycles. The summed E-state index contributed by atoms with van der Waals surface area (Å²) in [6, 6.07) is 24.4. The van der Waals surface area contributed by atoms with Gasteiger partial charge < -0.3 is 38.3 Å². The molecular formula is C44H41N3O12S. The van der Waals surface area contributed by atoms with Crippen LogP contribution in [0.2, 0.25) is 0 Å². The van der Waals surface area contributed by atoms with Gasteiger partial charge >= 0.3 is 23.9 Å².